The molecule has 0 spiro atoms. The normalized spacial score (nSPS) is 19.8. The molecule has 0 aromatic heterocycles. The van der Waals surface area contributed by atoms with Crippen LogP contribution in [-0.2, 0) is 4.79 Å². The molecule has 1 aromatic carbocycles. The summed E-state index contributed by atoms with van der Waals surface area (Å²) < 4.78 is 5.85. The molecular formula is C17H23NO3. The molecule has 1 saturated heterocycles. The molecule has 0 amide bonds. The zero-order valence-corrected chi connectivity index (χ0v) is 12.5. The molecule has 4 nitrogen and oxygen atoms in total. The summed E-state index contributed by atoms with van der Waals surface area (Å²) in [4.78, 5) is 13.0. The van der Waals surface area contributed by atoms with Crippen LogP contribution in [0.25, 0.3) is 6.08 Å². The van der Waals surface area contributed by atoms with E-state index in [1.165, 1.54) is 25.8 Å². The Morgan fingerprint density at radius 2 is 2.24 bits per heavy atom. The zero-order valence-electron chi connectivity index (χ0n) is 12.5. The predicted molar refractivity (Wildman–Crippen MR) is 83.5 cm³/mol. The third-order valence-corrected chi connectivity index (χ3v) is 3.95. The van der Waals surface area contributed by atoms with Crippen molar-refractivity contribution in [1.82, 2.24) is 4.90 Å². The minimum absolute atomic E-state index is 0.598. The van der Waals surface area contributed by atoms with Crippen molar-refractivity contribution in [2.75, 3.05) is 20.2 Å². The minimum atomic E-state index is -0.950. The number of ether oxygens (including phenoxy) is 1. The van der Waals surface area contributed by atoms with Gasteiger partial charge in [0.05, 0.1) is 6.61 Å². The highest BCUT2D eigenvalue weighted by Gasteiger charge is 2.18. The predicted octanol–water partition coefficient (Wildman–Crippen LogP) is 3.04. The molecule has 0 radical (unpaired) electrons. The van der Waals surface area contributed by atoms with E-state index in [0.717, 1.165) is 23.8 Å². The molecule has 1 unspecified atom stereocenters. The Kier molecular flexibility index (Phi) is 5.81. The number of nitrogens with zero attached hydrogens (tertiary/aromatic N) is 1. The molecular weight excluding hydrogens is 266 g/mol. The number of hydrogen-bond acceptors (Lipinski definition) is 3. The second-order valence-electron chi connectivity index (χ2n) is 5.48. The van der Waals surface area contributed by atoms with Crippen molar-refractivity contribution in [2.24, 2.45) is 0 Å². The average Bonchev–Trinajstić information content (AvgIpc) is 2.48. The number of likely N-dealkylation sites (tertiary alicyclic amines) is 1. The fraction of sp³-hybridized carbons (Fsp3) is 0.471. The van der Waals surface area contributed by atoms with Crippen molar-refractivity contribution in [2.45, 2.75) is 31.7 Å². The van der Waals surface area contributed by atoms with Gasteiger partial charge < -0.3 is 14.7 Å². The van der Waals surface area contributed by atoms with Gasteiger partial charge >= 0.3 is 5.97 Å². The van der Waals surface area contributed by atoms with Crippen LogP contribution in [0.15, 0.2) is 30.3 Å². The highest BCUT2D eigenvalue weighted by molar-refractivity contribution is 5.85. The quantitative estimate of drug-likeness (QED) is 0.818. The van der Waals surface area contributed by atoms with Gasteiger partial charge in [-0.15, -0.1) is 0 Å². The molecule has 1 aliphatic rings. The van der Waals surface area contributed by atoms with Crippen molar-refractivity contribution >= 4 is 12.0 Å². The molecule has 4 heteroatoms. The number of rotatable bonds is 6. The first-order chi connectivity index (χ1) is 10.2. The van der Waals surface area contributed by atoms with E-state index in [9.17, 15) is 4.79 Å². The lowest BCUT2D eigenvalue weighted by Gasteiger charge is -2.32. The number of benzene rings is 1. The number of para-hydroxylation sites is 1. The summed E-state index contributed by atoms with van der Waals surface area (Å²) in [5, 5.41) is 8.71. The summed E-state index contributed by atoms with van der Waals surface area (Å²) in [6.07, 6.45) is 7.54. The van der Waals surface area contributed by atoms with Crippen molar-refractivity contribution in [3.63, 3.8) is 0 Å². The highest BCUT2D eigenvalue weighted by Crippen LogP contribution is 2.22. The van der Waals surface area contributed by atoms with Crippen LogP contribution in [0.5, 0.6) is 5.75 Å². The minimum Gasteiger partial charge on any atom is -0.493 e. The average molecular weight is 289 g/mol. The Morgan fingerprint density at radius 3 is 3.00 bits per heavy atom. The molecule has 1 fully saturated rings. The summed E-state index contributed by atoms with van der Waals surface area (Å²) in [7, 11) is 2.17. The molecule has 0 bridgehead atoms. The fourth-order valence-corrected chi connectivity index (χ4v) is 2.72. The first-order valence-corrected chi connectivity index (χ1v) is 7.50. The largest absolute Gasteiger partial charge is 0.493 e. The van der Waals surface area contributed by atoms with E-state index in [1.807, 2.05) is 24.3 Å². The van der Waals surface area contributed by atoms with Gasteiger partial charge in [0.25, 0.3) is 0 Å². The molecule has 1 N–H and O–H groups in total. The third kappa shape index (κ3) is 4.90. The summed E-state index contributed by atoms with van der Waals surface area (Å²) >= 11 is 0. The smallest absolute Gasteiger partial charge is 0.328 e. The van der Waals surface area contributed by atoms with Crippen LogP contribution >= 0.6 is 0 Å². The Balaban J connectivity index is 1.89. The lowest BCUT2D eigenvalue weighted by molar-refractivity contribution is -0.131. The van der Waals surface area contributed by atoms with Gasteiger partial charge in [-0.05, 0) is 45.0 Å². The lowest BCUT2D eigenvalue weighted by Crippen LogP contribution is -2.37. The van der Waals surface area contributed by atoms with E-state index >= 15 is 0 Å². The Morgan fingerprint density at radius 1 is 1.43 bits per heavy atom. The van der Waals surface area contributed by atoms with Crippen molar-refractivity contribution in [3.8, 4) is 5.75 Å². The molecule has 21 heavy (non-hydrogen) atoms. The van der Waals surface area contributed by atoms with Crippen molar-refractivity contribution in [1.29, 1.82) is 0 Å². The summed E-state index contributed by atoms with van der Waals surface area (Å²) in [5.41, 5.74) is 0.803. The SMILES string of the molecule is CN1CCCCC1CCOc1ccccc1/C=C/C(=O)O. The fourth-order valence-electron chi connectivity index (χ4n) is 2.72. The standard InChI is InChI=1S/C17H23NO3/c1-18-12-5-4-7-15(18)11-13-21-16-8-3-2-6-14(16)9-10-17(19)20/h2-3,6,8-10,15H,4-5,7,11-13H2,1H3,(H,19,20)/b10-9+. The summed E-state index contributed by atoms with van der Waals surface area (Å²) in [5.74, 6) is -0.206. The van der Waals surface area contributed by atoms with Gasteiger partial charge in [-0.25, -0.2) is 4.79 Å². The Labute approximate surface area is 126 Å². The zero-order chi connectivity index (χ0) is 15.1. The lowest BCUT2D eigenvalue weighted by atomic mass is 10.0. The third-order valence-electron chi connectivity index (χ3n) is 3.95. The number of aliphatic carboxylic acids is 1. The van der Waals surface area contributed by atoms with Crippen LogP contribution in [0.2, 0.25) is 0 Å². The molecule has 1 atom stereocenters. The van der Waals surface area contributed by atoms with Gasteiger partial charge in [-0.1, -0.05) is 24.6 Å². The van der Waals surface area contributed by atoms with Crippen molar-refractivity contribution in [3.05, 3.63) is 35.9 Å². The molecule has 0 aliphatic carbocycles. The van der Waals surface area contributed by atoms with Gasteiger partial charge in [0.15, 0.2) is 0 Å². The van der Waals surface area contributed by atoms with Gasteiger partial charge in [-0.2, -0.15) is 0 Å². The number of hydrogen-bond donors (Lipinski definition) is 1. The number of carbonyl (C=O) groups is 1. The second kappa shape index (κ2) is 7.84. The van der Waals surface area contributed by atoms with Crippen LogP contribution in [-0.4, -0.2) is 42.2 Å². The van der Waals surface area contributed by atoms with E-state index in [2.05, 4.69) is 11.9 Å². The number of carboxylic acid groups (broad SMARTS) is 1. The monoisotopic (exact) mass is 289 g/mol. The van der Waals surface area contributed by atoms with Gasteiger partial charge in [-0.3, -0.25) is 0 Å². The van der Waals surface area contributed by atoms with Crippen molar-refractivity contribution < 1.29 is 14.6 Å². The van der Waals surface area contributed by atoms with Crippen LogP contribution < -0.4 is 4.74 Å². The molecule has 1 heterocycles. The van der Waals surface area contributed by atoms with E-state index in [-0.39, 0.29) is 0 Å². The number of carboxylic acids is 1. The Bertz CT molecular complexity index is 499. The molecule has 1 aliphatic heterocycles. The maximum atomic E-state index is 10.6. The summed E-state index contributed by atoms with van der Waals surface area (Å²) in [6.45, 7) is 1.83. The van der Waals surface area contributed by atoms with Gasteiger partial charge in [0.2, 0.25) is 0 Å². The summed E-state index contributed by atoms with van der Waals surface area (Å²) in [6, 6.07) is 8.12. The molecule has 0 saturated carbocycles. The molecule has 2 rings (SSSR count). The van der Waals surface area contributed by atoms with E-state index < -0.39 is 5.97 Å². The molecule has 1 aromatic rings. The maximum absolute atomic E-state index is 10.6. The van der Waals surface area contributed by atoms with E-state index in [4.69, 9.17) is 9.84 Å². The van der Waals surface area contributed by atoms with Crippen LogP contribution in [0.1, 0.15) is 31.2 Å². The van der Waals surface area contributed by atoms with Gasteiger partial charge in [0, 0.05) is 17.7 Å². The first-order valence-electron chi connectivity index (χ1n) is 7.50. The van der Waals surface area contributed by atoms with Gasteiger partial charge in [0.1, 0.15) is 5.75 Å². The van der Waals surface area contributed by atoms with Crippen LogP contribution in [0.4, 0.5) is 0 Å². The highest BCUT2D eigenvalue weighted by atomic mass is 16.5. The maximum Gasteiger partial charge on any atom is 0.328 e. The van der Waals surface area contributed by atoms with E-state index in [1.54, 1.807) is 6.08 Å². The van der Waals surface area contributed by atoms with Crippen LogP contribution in [0, 0.1) is 0 Å². The second-order valence-corrected chi connectivity index (χ2v) is 5.48. The molecule has 114 valence electrons. The van der Waals surface area contributed by atoms with E-state index in [0.29, 0.717) is 12.6 Å². The number of piperidine rings is 1. The topological polar surface area (TPSA) is 49.8 Å². The first kappa shape index (κ1) is 15.6. The Hall–Kier alpha value is -1.81. The van der Waals surface area contributed by atoms with Crippen LogP contribution in [0.3, 0.4) is 0 Å².